The van der Waals surface area contributed by atoms with Crippen LogP contribution in [0.3, 0.4) is 0 Å². The summed E-state index contributed by atoms with van der Waals surface area (Å²) < 4.78 is 39.6. The Hall–Kier alpha value is -1.60. The molecule has 1 aromatic heterocycles. The summed E-state index contributed by atoms with van der Waals surface area (Å²) in [4.78, 5) is 3.82. The fourth-order valence-electron chi connectivity index (χ4n) is 1.84. The zero-order chi connectivity index (χ0) is 15.5. The van der Waals surface area contributed by atoms with Gasteiger partial charge in [0.05, 0.1) is 12.1 Å². The summed E-state index contributed by atoms with van der Waals surface area (Å²) in [6, 6.07) is 3.32. The molecule has 0 aliphatic heterocycles. The van der Waals surface area contributed by atoms with Crippen molar-refractivity contribution in [1.29, 1.82) is 0 Å². The van der Waals surface area contributed by atoms with Gasteiger partial charge in [-0.15, -0.1) is 0 Å². The van der Waals surface area contributed by atoms with Gasteiger partial charge in [-0.3, -0.25) is 4.68 Å². The van der Waals surface area contributed by atoms with Crippen LogP contribution < -0.4 is 5.32 Å². The lowest BCUT2D eigenvalue weighted by Gasteiger charge is -2.15. The van der Waals surface area contributed by atoms with E-state index in [1.165, 1.54) is 12.4 Å². The number of hydrogen-bond acceptors (Lipinski definition) is 3. The van der Waals surface area contributed by atoms with Crippen LogP contribution in [0.1, 0.15) is 18.1 Å². The molecule has 0 radical (unpaired) electrons. The number of hydrogen-bond donors (Lipinski definition) is 1. The Balaban J connectivity index is 1.99. The predicted octanol–water partition coefficient (Wildman–Crippen LogP) is 3.13. The molecule has 8 heteroatoms. The summed E-state index contributed by atoms with van der Waals surface area (Å²) in [5.74, 6) is 0. The fourth-order valence-corrected chi connectivity index (χ4v) is 2.03. The van der Waals surface area contributed by atoms with E-state index in [0.29, 0.717) is 17.1 Å². The van der Waals surface area contributed by atoms with Gasteiger partial charge in [-0.1, -0.05) is 11.6 Å². The standard InChI is InChI=1S/C13H14ClF3N4/c1-9(6-21-8-18-7-20-21)19-5-10-4-11(13(15,16)17)2-3-12(10)14/h2-4,7-9,19H,5-6H2,1H3. The molecule has 21 heavy (non-hydrogen) atoms. The minimum absolute atomic E-state index is 0.0114. The van der Waals surface area contributed by atoms with Crippen molar-refractivity contribution < 1.29 is 13.2 Å². The van der Waals surface area contributed by atoms with Gasteiger partial charge in [0.2, 0.25) is 0 Å². The number of nitrogens with zero attached hydrogens (tertiary/aromatic N) is 3. The minimum atomic E-state index is -4.37. The maximum Gasteiger partial charge on any atom is 0.416 e. The lowest BCUT2D eigenvalue weighted by atomic mass is 10.1. The van der Waals surface area contributed by atoms with Gasteiger partial charge in [0.1, 0.15) is 12.7 Å². The highest BCUT2D eigenvalue weighted by atomic mass is 35.5. The molecule has 2 rings (SSSR count). The minimum Gasteiger partial charge on any atom is -0.308 e. The molecule has 2 aromatic rings. The third-order valence-electron chi connectivity index (χ3n) is 2.94. The van der Waals surface area contributed by atoms with E-state index in [1.54, 1.807) is 11.0 Å². The van der Waals surface area contributed by atoms with Gasteiger partial charge >= 0.3 is 6.18 Å². The fraction of sp³-hybridized carbons (Fsp3) is 0.385. The molecule has 0 aliphatic carbocycles. The molecular formula is C13H14ClF3N4. The van der Waals surface area contributed by atoms with Crippen LogP contribution in [0, 0.1) is 0 Å². The second-order valence-corrected chi connectivity index (χ2v) is 5.11. The largest absolute Gasteiger partial charge is 0.416 e. The molecule has 0 bridgehead atoms. The monoisotopic (exact) mass is 318 g/mol. The molecule has 1 atom stereocenters. The molecule has 0 aliphatic rings. The lowest BCUT2D eigenvalue weighted by molar-refractivity contribution is -0.137. The lowest BCUT2D eigenvalue weighted by Crippen LogP contribution is -2.30. The first-order valence-electron chi connectivity index (χ1n) is 6.27. The van der Waals surface area contributed by atoms with Crippen LogP contribution >= 0.6 is 11.6 Å². The van der Waals surface area contributed by atoms with Crippen molar-refractivity contribution in [3.05, 3.63) is 47.0 Å². The number of rotatable bonds is 5. The van der Waals surface area contributed by atoms with Crippen LogP contribution in [0.4, 0.5) is 13.2 Å². The maximum atomic E-state index is 12.7. The molecule has 0 saturated heterocycles. The van der Waals surface area contributed by atoms with Crippen molar-refractivity contribution in [2.75, 3.05) is 0 Å². The highest BCUT2D eigenvalue weighted by molar-refractivity contribution is 6.31. The van der Waals surface area contributed by atoms with Crippen molar-refractivity contribution in [1.82, 2.24) is 20.1 Å². The van der Waals surface area contributed by atoms with Crippen LogP contribution in [0.2, 0.25) is 5.02 Å². The van der Waals surface area contributed by atoms with Gasteiger partial charge in [0, 0.05) is 17.6 Å². The van der Waals surface area contributed by atoms with Crippen molar-refractivity contribution in [3.8, 4) is 0 Å². The van der Waals surface area contributed by atoms with E-state index in [-0.39, 0.29) is 12.6 Å². The molecule has 1 heterocycles. The van der Waals surface area contributed by atoms with Crippen molar-refractivity contribution >= 4 is 11.6 Å². The molecule has 0 saturated carbocycles. The first-order valence-corrected chi connectivity index (χ1v) is 6.65. The van der Waals surface area contributed by atoms with Crippen molar-refractivity contribution in [2.45, 2.75) is 32.2 Å². The Kier molecular flexibility index (Phi) is 4.84. The van der Waals surface area contributed by atoms with E-state index in [0.717, 1.165) is 12.1 Å². The average molecular weight is 319 g/mol. The van der Waals surface area contributed by atoms with Crippen molar-refractivity contribution in [2.24, 2.45) is 0 Å². The van der Waals surface area contributed by atoms with E-state index in [4.69, 9.17) is 11.6 Å². The molecular weight excluding hydrogens is 305 g/mol. The van der Waals surface area contributed by atoms with Gasteiger partial charge in [-0.2, -0.15) is 18.3 Å². The van der Waals surface area contributed by atoms with Gasteiger partial charge in [0.25, 0.3) is 0 Å². The maximum absolute atomic E-state index is 12.7. The number of benzene rings is 1. The third-order valence-corrected chi connectivity index (χ3v) is 3.31. The highest BCUT2D eigenvalue weighted by Gasteiger charge is 2.30. The van der Waals surface area contributed by atoms with Gasteiger partial charge < -0.3 is 5.32 Å². The molecule has 114 valence electrons. The number of alkyl halides is 3. The molecule has 1 N–H and O–H groups in total. The summed E-state index contributed by atoms with van der Waals surface area (Å²) in [6.45, 7) is 2.72. The summed E-state index contributed by atoms with van der Waals surface area (Å²) in [7, 11) is 0. The first-order chi connectivity index (χ1) is 9.86. The highest BCUT2D eigenvalue weighted by Crippen LogP contribution is 2.31. The third kappa shape index (κ3) is 4.44. The Morgan fingerprint density at radius 1 is 1.38 bits per heavy atom. The smallest absolute Gasteiger partial charge is 0.308 e. The first kappa shape index (κ1) is 15.8. The molecule has 0 fully saturated rings. The second-order valence-electron chi connectivity index (χ2n) is 4.70. The molecule has 1 unspecified atom stereocenters. The second kappa shape index (κ2) is 6.44. The van der Waals surface area contributed by atoms with Crippen LogP contribution in [0.15, 0.2) is 30.9 Å². The quantitative estimate of drug-likeness (QED) is 0.921. The number of aromatic nitrogens is 3. The Bertz CT molecular complexity index is 584. The molecule has 4 nitrogen and oxygen atoms in total. The van der Waals surface area contributed by atoms with Gasteiger partial charge in [-0.25, -0.2) is 4.98 Å². The summed E-state index contributed by atoms with van der Waals surface area (Å²) >= 11 is 5.94. The van der Waals surface area contributed by atoms with Crippen LogP contribution in [-0.2, 0) is 19.3 Å². The van der Waals surface area contributed by atoms with E-state index in [9.17, 15) is 13.2 Å². The summed E-state index contributed by atoms with van der Waals surface area (Å²) in [5, 5.41) is 7.39. The number of halogens is 4. The van der Waals surface area contributed by atoms with E-state index >= 15 is 0 Å². The predicted molar refractivity (Wildman–Crippen MR) is 72.8 cm³/mol. The Morgan fingerprint density at radius 2 is 2.14 bits per heavy atom. The SMILES string of the molecule is CC(Cn1cncn1)NCc1cc(C(F)(F)F)ccc1Cl. The van der Waals surface area contributed by atoms with Gasteiger partial charge in [0.15, 0.2) is 0 Å². The van der Waals surface area contributed by atoms with Crippen LogP contribution in [0.5, 0.6) is 0 Å². The van der Waals surface area contributed by atoms with E-state index < -0.39 is 11.7 Å². The Labute approximate surface area is 124 Å². The molecule has 1 aromatic carbocycles. The van der Waals surface area contributed by atoms with Gasteiger partial charge in [-0.05, 0) is 30.7 Å². The summed E-state index contributed by atoms with van der Waals surface area (Å²) in [6.07, 6.45) is -1.36. The van der Waals surface area contributed by atoms with E-state index in [2.05, 4.69) is 15.4 Å². The van der Waals surface area contributed by atoms with Crippen molar-refractivity contribution in [3.63, 3.8) is 0 Å². The van der Waals surface area contributed by atoms with E-state index in [1.807, 2.05) is 6.92 Å². The Morgan fingerprint density at radius 3 is 2.76 bits per heavy atom. The average Bonchev–Trinajstić information content (AvgIpc) is 2.89. The molecule has 0 spiro atoms. The summed E-state index contributed by atoms with van der Waals surface area (Å²) in [5.41, 5.74) is -0.287. The topological polar surface area (TPSA) is 42.7 Å². The molecule has 0 amide bonds. The van der Waals surface area contributed by atoms with Crippen LogP contribution in [-0.4, -0.2) is 20.8 Å². The zero-order valence-corrected chi connectivity index (χ0v) is 12.0. The number of nitrogens with one attached hydrogen (secondary N) is 1. The normalized spacial score (nSPS) is 13.4. The zero-order valence-electron chi connectivity index (χ0n) is 11.2. The van der Waals surface area contributed by atoms with Crippen LogP contribution in [0.25, 0.3) is 0 Å².